The average Bonchev–Trinajstić information content (AvgIpc) is 2.19. The fourth-order valence-electron chi connectivity index (χ4n) is 2.10. The van der Waals surface area contributed by atoms with Gasteiger partial charge in [0.25, 0.3) is 0 Å². The zero-order chi connectivity index (χ0) is 11.7. The number of rotatable bonds is 1. The highest BCUT2D eigenvalue weighted by atomic mass is 19.1. The summed E-state index contributed by atoms with van der Waals surface area (Å²) < 4.78 is 15.3. The van der Waals surface area contributed by atoms with Crippen molar-refractivity contribution in [2.24, 2.45) is 7.05 Å². The third kappa shape index (κ3) is 1.83. The molecule has 82 valence electrons. The molecule has 0 saturated carbocycles. The molecule has 2 rings (SSSR count). The van der Waals surface area contributed by atoms with Crippen LogP contribution >= 0.6 is 0 Å². The molecule has 1 aromatic heterocycles. The van der Waals surface area contributed by atoms with E-state index in [0.29, 0.717) is 0 Å². The van der Waals surface area contributed by atoms with E-state index in [-0.39, 0.29) is 5.82 Å². The van der Waals surface area contributed by atoms with E-state index in [4.69, 9.17) is 0 Å². The minimum absolute atomic E-state index is 0.169. The molecule has 0 fully saturated rings. The number of pyridine rings is 1. The van der Waals surface area contributed by atoms with Crippen molar-refractivity contribution in [2.45, 2.75) is 13.8 Å². The van der Waals surface area contributed by atoms with Crippen molar-refractivity contribution in [1.82, 2.24) is 0 Å². The fourth-order valence-corrected chi connectivity index (χ4v) is 2.10. The molecule has 0 N–H and O–H groups in total. The van der Waals surface area contributed by atoms with Crippen LogP contribution in [0.15, 0.2) is 36.5 Å². The van der Waals surface area contributed by atoms with Crippen molar-refractivity contribution in [1.29, 1.82) is 0 Å². The lowest BCUT2D eigenvalue weighted by Gasteiger charge is -2.08. The van der Waals surface area contributed by atoms with Crippen LogP contribution in [0, 0.1) is 19.7 Å². The normalized spacial score (nSPS) is 10.5. The minimum atomic E-state index is -0.169. The van der Waals surface area contributed by atoms with Gasteiger partial charge in [-0.05, 0) is 43.2 Å². The third-order valence-electron chi connectivity index (χ3n) is 2.81. The Morgan fingerprint density at radius 3 is 2.25 bits per heavy atom. The summed E-state index contributed by atoms with van der Waals surface area (Å²) >= 11 is 0. The Morgan fingerprint density at radius 2 is 1.69 bits per heavy atom. The molecule has 0 unspecified atom stereocenters. The number of aryl methyl sites for hydroxylation is 3. The molecule has 0 aliphatic heterocycles. The molecule has 16 heavy (non-hydrogen) atoms. The molecule has 0 bridgehead atoms. The summed E-state index contributed by atoms with van der Waals surface area (Å²) in [5.41, 5.74) is 4.17. The van der Waals surface area contributed by atoms with Gasteiger partial charge in [0.15, 0.2) is 6.20 Å². The Hall–Kier alpha value is -1.70. The maximum atomic E-state index is 13.2. The van der Waals surface area contributed by atoms with Crippen LogP contribution in [-0.4, -0.2) is 0 Å². The highest BCUT2D eigenvalue weighted by Gasteiger charge is 2.14. The van der Waals surface area contributed by atoms with Crippen LogP contribution in [0.3, 0.4) is 0 Å². The predicted molar refractivity (Wildman–Crippen MR) is 62.5 cm³/mol. The molecular formula is C14H15FN+. The number of benzene rings is 1. The summed E-state index contributed by atoms with van der Waals surface area (Å²) in [6.45, 7) is 3.89. The summed E-state index contributed by atoms with van der Waals surface area (Å²) in [5, 5.41) is 0. The van der Waals surface area contributed by atoms with Gasteiger partial charge in [0.05, 0.1) is 5.56 Å². The molecule has 0 radical (unpaired) electrons. The first-order valence-electron chi connectivity index (χ1n) is 5.31. The maximum absolute atomic E-state index is 13.2. The van der Waals surface area contributed by atoms with Crippen LogP contribution in [-0.2, 0) is 7.05 Å². The van der Waals surface area contributed by atoms with Crippen LogP contribution in [0.1, 0.15) is 11.1 Å². The SMILES string of the molecule is Cc1cc(F)cc(C)c1-c1cccc[n+]1C. The first-order valence-corrected chi connectivity index (χ1v) is 5.31. The van der Waals surface area contributed by atoms with Crippen LogP contribution in [0.4, 0.5) is 4.39 Å². The van der Waals surface area contributed by atoms with E-state index in [0.717, 1.165) is 22.4 Å². The van der Waals surface area contributed by atoms with Gasteiger partial charge < -0.3 is 0 Å². The number of halogens is 1. The Morgan fingerprint density at radius 1 is 1.06 bits per heavy atom. The highest BCUT2D eigenvalue weighted by Crippen LogP contribution is 2.25. The molecular weight excluding hydrogens is 201 g/mol. The molecule has 0 spiro atoms. The molecule has 2 aromatic rings. The van der Waals surface area contributed by atoms with E-state index < -0.39 is 0 Å². The smallest absolute Gasteiger partial charge is 0.207 e. The summed E-state index contributed by atoms with van der Waals surface area (Å²) in [4.78, 5) is 0. The molecule has 0 saturated heterocycles. The van der Waals surface area contributed by atoms with Gasteiger partial charge in [0, 0.05) is 12.1 Å². The summed E-state index contributed by atoms with van der Waals surface area (Å²) in [5.74, 6) is -0.169. The predicted octanol–water partition coefficient (Wildman–Crippen LogP) is 2.93. The Bertz CT molecular complexity index is 509. The Balaban J connectivity index is 2.70. The third-order valence-corrected chi connectivity index (χ3v) is 2.81. The van der Waals surface area contributed by atoms with Gasteiger partial charge in [0.1, 0.15) is 12.9 Å². The van der Waals surface area contributed by atoms with Crippen molar-refractivity contribution < 1.29 is 8.96 Å². The van der Waals surface area contributed by atoms with Gasteiger partial charge >= 0.3 is 0 Å². The molecule has 1 aromatic carbocycles. The van der Waals surface area contributed by atoms with Crippen molar-refractivity contribution in [3.63, 3.8) is 0 Å². The first kappa shape index (κ1) is 10.8. The molecule has 0 atom stereocenters. The van der Waals surface area contributed by atoms with E-state index in [1.807, 2.05) is 49.9 Å². The minimum Gasteiger partial charge on any atom is -0.207 e. The second-order valence-corrected chi connectivity index (χ2v) is 4.11. The topological polar surface area (TPSA) is 3.88 Å². The standard InChI is InChI=1S/C14H15FN/c1-10-8-12(15)9-11(2)14(10)13-6-4-5-7-16(13)3/h4-9H,1-3H3/q+1. The van der Waals surface area contributed by atoms with Crippen LogP contribution in [0.5, 0.6) is 0 Å². The highest BCUT2D eigenvalue weighted by molar-refractivity contribution is 5.65. The lowest BCUT2D eigenvalue weighted by Crippen LogP contribution is -2.30. The summed E-state index contributed by atoms with van der Waals surface area (Å²) in [6.07, 6.45) is 2.00. The van der Waals surface area contributed by atoms with Crippen molar-refractivity contribution in [2.75, 3.05) is 0 Å². The zero-order valence-electron chi connectivity index (χ0n) is 9.79. The van der Waals surface area contributed by atoms with Crippen molar-refractivity contribution in [3.05, 3.63) is 53.5 Å². The lowest BCUT2D eigenvalue weighted by atomic mass is 9.99. The molecule has 0 amide bonds. The van der Waals surface area contributed by atoms with E-state index in [2.05, 4.69) is 0 Å². The van der Waals surface area contributed by atoms with Gasteiger partial charge in [-0.1, -0.05) is 0 Å². The van der Waals surface area contributed by atoms with Gasteiger partial charge in [-0.2, -0.15) is 0 Å². The first-order chi connectivity index (χ1) is 7.59. The second kappa shape index (κ2) is 4.05. The molecule has 0 aliphatic carbocycles. The van der Waals surface area contributed by atoms with Crippen molar-refractivity contribution in [3.8, 4) is 11.3 Å². The molecule has 0 aliphatic rings. The summed E-state index contributed by atoms with van der Waals surface area (Å²) in [7, 11) is 2.00. The summed E-state index contributed by atoms with van der Waals surface area (Å²) in [6, 6.07) is 9.19. The van der Waals surface area contributed by atoms with E-state index in [1.54, 1.807) is 12.1 Å². The lowest BCUT2D eigenvalue weighted by molar-refractivity contribution is -0.660. The van der Waals surface area contributed by atoms with Crippen LogP contribution < -0.4 is 4.57 Å². The molecule has 1 heterocycles. The largest absolute Gasteiger partial charge is 0.212 e. The molecule has 2 heteroatoms. The average molecular weight is 216 g/mol. The fraction of sp³-hybridized carbons (Fsp3) is 0.214. The van der Waals surface area contributed by atoms with Gasteiger partial charge in [0.2, 0.25) is 5.69 Å². The van der Waals surface area contributed by atoms with E-state index in [9.17, 15) is 4.39 Å². The Kier molecular flexibility index (Phi) is 2.73. The monoisotopic (exact) mass is 216 g/mol. The van der Waals surface area contributed by atoms with Gasteiger partial charge in [-0.25, -0.2) is 8.96 Å². The Labute approximate surface area is 95.2 Å². The number of aromatic nitrogens is 1. The second-order valence-electron chi connectivity index (χ2n) is 4.11. The van der Waals surface area contributed by atoms with E-state index >= 15 is 0 Å². The number of hydrogen-bond acceptors (Lipinski definition) is 0. The molecule has 1 nitrogen and oxygen atoms in total. The van der Waals surface area contributed by atoms with Crippen molar-refractivity contribution >= 4 is 0 Å². The maximum Gasteiger partial charge on any atom is 0.212 e. The zero-order valence-corrected chi connectivity index (χ0v) is 9.79. The number of nitrogens with zero attached hydrogens (tertiary/aromatic N) is 1. The number of hydrogen-bond donors (Lipinski definition) is 0. The van der Waals surface area contributed by atoms with Crippen LogP contribution in [0.25, 0.3) is 11.3 Å². The van der Waals surface area contributed by atoms with Gasteiger partial charge in [-0.15, -0.1) is 0 Å². The van der Waals surface area contributed by atoms with Crippen LogP contribution in [0.2, 0.25) is 0 Å². The van der Waals surface area contributed by atoms with Gasteiger partial charge in [-0.3, -0.25) is 0 Å². The quantitative estimate of drug-likeness (QED) is 0.645. The van der Waals surface area contributed by atoms with E-state index in [1.165, 1.54) is 0 Å².